The van der Waals surface area contributed by atoms with Crippen LogP contribution in [0.3, 0.4) is 0 Å². The molecule has 0 amide bonds. The van der Waals surface area contributed by atoms with E-state index in [2.05, 4.69) is 41.6 Å². The Morgan fingerprint density at radius 3 is 2.26 bits per heavy atom. The Balaban J connectivity index is 2.09. The Hall–Kier alpha value is -0.580. The molecule has 19 heavy (non-hydrogen) atoms. The van der Waals surface area contributed by atoms with Gasteiger partial charge in [-0.05, 0) is 30.2 Å². The van der Waals surface area contributed by atoms with Crippen LogP contribution in [0.15, 0.2) is 54.6 Å². The maximum atomic E-state index is 6.14. The van der Waals surface area contributed by atoms with Crippen molar-refractivity contribution in [3.63, 3.8) is 0 Å². The van der Waals surface area contributed by atoms with Crippen molar-refractivity contribution in [2.24, 2.45) is 0 Å². The Morgan fingerprint density at radius 1 is 1.05 bits per heavy atom. The van der Waals surface area contributed by atoms with Gasteiger partial charge in [-0.1, -0.05) is 76.7 Å². The third-order valence-electron chi connectivity index (χ3n) is 3.11. The summed E-state index contributed by atoms with van der Waals surface area (Å²) in [6.07, 6.45) is 0. The summed E-state index contributed by atoms with van der Waals surface area (Å²) < 4.78 is 7.05. The van der Waals surface area contributed by atoms with E-state index in [1.165, 1.54) is 5.56 Å². The van der Waals surface area contributed by atoms with Crippen molar-refractivity contribution in [1.29, 1.82) is 0 Å². The first-order valence-electron chi connectivity index (χ1n) is 6.14. The third kappa shape index (κ3) is 3.94. The second-order valence-electron chi connectivity index (χ2n) is 4.65. The first-order valence-corrected chi connectivity index (χ1v) is 8.04. The minimum absolute atomic E-state index is 0.262. The molecule has 0 bridgehead atoms. The molecule has 1 atom stereocenters. The standard InChI is InChI=1S/C16H16ClIO/c1-16(12-18,14-5-3-2-4-6-14)19-11-13-7-9-15(17)10-8-13/h2-10H,11-12H2,1H3. The number of hydrogen-bond donors (Lipinski definition) is 0. The molecular formula is C16H16ClIO. The van der Waals surface area contributed by atoms with Crippen LogP contribution in [0.1, 0.15) is 18.1 Å². The highest BCUT2D eigenvalue weighted by Crippen LogP contribution is 2.29. The summed E-state index contributed by atoms with van der Waals surface area (Å²) in [6.45, 7) is 2.72. The van der Waals surface area contributed by atoms with Crippen LogP contribution >= 0.6 is 34.2 Å². The van der Waals surface area contributed by atoms with E-state index in [1.54, 1.807) is 0 Å². The molecule has 1 unspecified atom stereocenters. The number of halogens is 2. The molecule has 3 heteroatoms. The second-order valence-corrected chi connectivity index (χ2v) is 5.84. The van der Waals surface area contributed by atoms with Crippen molar-refractivity contribution >= 4 is 34.2 Å². The number of benzene rings is 2. The van der Waals surface area contributed by atoms with Gasteiger partial charge in [-0.25, -0.2) is 0 Å². The highest BCUT2D eigenvalue weighted by Gasteiger charge is 2.25. The molecule has 0 radical (unpaired) electrons. The van der Waals surface area contributed by atoms with Gasteiger partial charge in [0.1, 0.15) is 0 Å². The van der Waals surface area contributed by atoms with Crippen molar-refractivity contribution in [2.45, 2.75) is 19.1 Å². The van der Waals surface area contributed by atoms with E-state index < -0.39 is 0 Å². The fourth-order valence-corrected chi connectivity index (χ4v) is 2.60. The van der Waals surface area contributed by atoms with Crippen molar-refractivity contribution in [3.8, 4) is 0 Å². The summed E-state index contributed by atoms with van der Waals surface area (Å²) in [5.74, 6) is 0. The first-order chi connectivity index (χ1) is 9.14. The smallest absolute Gasteiger partial charge is 0.0996 e. The van der Waals surface area contributed by atoms with E-state index in [0.717, 1.165) is 15.0 Å². The van der Waals surface area contributed by atoms with Crippen molar-refractivity contribution in [3.05, 3.63) is 70.7 Å². The van der Waals surface area contributed by atoms with E-state index in [1.807, 2.05) is 42.5 Å². The van der Waals surface area contributed by atoms with Crippen LogP contribution in [0.25, 0.3) is 0 Å². The summed E-state index contributed by atoms with van der Waals surface area (Å²) in [5, 5.41) is 0.753. The van der Waals surface area contributed by atoms with Crippen LogP contribution in [0, 0.1) is 0 Å². The monoisotopic (exact) mass is 386 g/mol. The third-order valence-corrected chi connectivity index (χ3v) is 4.82. The molecule has 2 aromatic carbocycles. The van der Waals surface area contributed by atoms with Crippen LogP contribution in [-0.2, 0) is 16.9 Å². The number of hydrogen-bond acceptors (Lipinski definition) is 1. The van der Waals surface area contributed by atoms with Gasteiger partial charge >= 0.3 is 0 Å². The van der Waals surface area contributed by atoms with Crippen LogP contribution in [0.4, 0.5) is 0 Å². The van der Waals surface area contributed by atoms with E-state index in [0.29, 0.717) is 6.61 Å². The first kappa shape index (κ1) is 14.8. The van der Waals surface area contributed by atoms with Gasteiger partial charge < -0.3 is 4.74 Å². The van der Waals surface area contributed by atoms with Crippen LogP contribution in [0.5, 0.6) is 0 Å². The predicted octanol–water partition coefficient (Wildman–Crippen LogP) is 5.21. The summed E-state index contributed by atoms with van der Waals surface area (Å²) in [5.41, 5.74) is 2.08. The van der Waals surface area contributed by atoms with Gasteiger partial charge in [0, 0.05) is 9.45 Å². The summed E-state index contributed by atoms with van der Waals surface area (Å²) in [7, 11) is 0. The Bertz CT molecular complexity index is 512. The van der Waals surface area contributed by atoms with Crippen molar-refractivity contribution < 1.29 is 4.74 Å². The fourth-order valence-electron chi connectivity index (χ4n) is 1.81. The molecule has 0 saturated heterocycles. The number of rotatable bonds is 5. The average molecular weight is 387 g/mol. The van der Waals surface area contributed by atoms with E-state index in [4.69, 9.17) is 16.3 Å². The lowest BCUT2D eigenvalue weighted by Crippen LogP contribution is -2.27. The lowest BCUT2D eigenvalue weighted by molar-refractivity contribution is -0.0275. The minimum atomic E-state index is -0.262. The molecule has 2 rings (SSSR count). The zero-order chi connectivity index (χ0) is 13.7. The lowest BCUT2D eigenvalue weighted by Gasteiger charge is -2.28. The van der Waals surface area contributed by atoms with Crippen LogP contribution in [0.2, 0.25) is 5.02 Å². The zero-order valence-electron chi connectivity index (χ0n) is 10.8. The molecule has 1 nitrogen and oxygen atoms in total. The quantitative estimate of drug-likeness (QED) is 0.506. The zero-order valence-corrected chi connectivity index (χ0v) is 13.7. The molecule has 0 heterocycles. The van der Waals surface area contributed by atoms with E-state index >= 15 is 0 Å². The Kier molecular flexibility index (Phi) is 5.25. The highest BCUT2D eigenvalue weighted by molar-refractivity contribution is 14.1. The fraction of sp³-hybridized carbons (Fsp3) is 0.250. The van der Waals surface area contributed by atoms with Gasteiger partial charge in [0.05, 0.1) is 12.2 Å². The Morgan fingerprint density at radius 2 is 1.68 bits per heavy atom. The topological polar surface area (TPSA) is 9.23 Å². The second kappa shape index (κ2) is 6.73. The number of ether oxygens (including phenoxy) is 1. The van der Waals surface area contributed by atoms with E-state index in [9.17, 15) is 0 Å². The van der Waals surface area contributed by atoms with Gasteiger partial charge in [0.15, 0.2) is 0 Å². The Labute approximate surface area is 133 Å². The van der Waals surface area contributed by atoms with Gasteiger partial charge in [-0.2, -0.15) is 0 Å². The van der Waals surface area contributed by atoms with Crippen LogP contribution in [-0.4, -0.2) is 4.43 Å². The van der Waals surface area contributed by atoms with Gasteiger partial charge in [0.25, 0.3) is 0 Å². The van der Waals surface area contributed by atoms with E-state index in [-0.39, 0.29) is 5.60 Å². The van der Waals surface area contributed by atoms with Crippen molar-refractivity contribution in [2.75, 3.05) is 4.43 Å². The van der Waals surface area contributed by atoms with Gasteiger partial charge in [-0.15, -0.1) is 0 Å². The molecule has 0 saturated carbocycles. The SMILES string of the molecule is CC(CI)(OCc1ccc(Cl)cc1)c1ccccc1. The normalized spacial score (nSPS) is 14.1. The molecule has 0 N–H and O–H groups in total. The molecule has 0 spiro atoms. The maximum absolute atomic E-state index is 6.14. The lowest BCUT2D eigenvalue weighted by atomic mass is 9.98. The summed E-state index contributed by atoms with van der Waals surface area (Å²) in [4.78, 5) is 0. The average Bonchev–Trinajstić information content (AvgIpc) is 2.47. The molecular weight excluding hydrogens is 371 g/mol. The molecule has 0 aliphatic heterocycles. The van der Waals surface area contributed by atoms with Gasteiger partial charge in [0.2, 0.25) is 0 Å². The largest absolute Gasteiger partial charge is 0.365 e. The molecule has 0 fully saturated rings. The molecule has 0 aromatic heterocycles. The molecule has 0 aliphatic rings. The highest BCUT2D eigenvalue weighted by atomic mass is 127. The predicted molar refractivity (Wildman–Crippen MR) is 88.9 cm³/mol. The van der Waals surface area contributed by atoms with Crippen LogP contribution < -0.4 is 0 Å². The summed E-state index contributed by atoms with van der Waals surface area (Å²) >= 11 is 8.25. The minimum Gasteiger partial charge on any atom is -0.365 e. The molecule has 0 aliphatic carbocycles. The number of alkyl halides is 1. The van der Waals surface area contributed by atoms with Crippen molar-refractivity contribution in [1.82, 2.24) is 0 Å². The molecule has 2 aromatic rings. The maximum Gasteiger partial charge on any atom is 0.0996 e. The van der Waals surface area contributed by atoms with Gasteiger partial charge in [-0.3, -0.25) is 0 Å². The summed E-state index contributed by atoms with van der Waals surface area (Å²) in [6, 6.07) is 18.1. The molecule has 100 valence electrons.